The van der Waals surface area contributed by atoms with Crippen LogP contribution in [0.25, 0.3) is 0 Å². The Bertz CT molecular complexity index is 126. The number of hydrogen-bond acceptors (Lipinski definition) is 4. The maximum absolute atomic E-state index is 10.6. The van der Waals surface area contributed by atoms with Crippen molar-refractivity contribution in [3.63, 3.8) is 0 Å². The summed E-state index contributed by atoms with van der Waals surface area (Å²) >= 11 is 0. The number of carbonyl (C=O) groups is 1. The quantitative estimate of drug-likeness (QED) is 0.438. The normalized spacial score (nSPS) is 34.7. The van der Waals surface area contributed by atoms with E-state index in [1.807, 2.05) is 0 Å². The molecule has 2 atom stereocenters. The molecule has 9 heavy (non-hydrogen) atoms. The van der Waals surface area contributed by atoms with Gasteiger partial charge in [-0.05, 0) is 6.92 Å². The van der Waals surface area contributed by atoms with E-state index in [-0.39, 0.29) is 18.2 Å². The van der Waals surface area contributed by atoms with Gasteiger partial charge in [-0.3, -0.25) is 10.1 Å². The summed E-state index contributed by atoms with van der Waals surface area (Å²) in [5, 5.41) is 2.86. The molecule has 3 N–H and O–H groups in total. The van der Waals surface area contributed by atoms with E-state index in [2.05, 4.69) is 5.32 Å². The van der Waals surface area contributed by atoms with Crippen LogP contribution < -0.4 is 11.1 Å². The van der Waals surface area contributed by atoms with Crippen LogP contribution in [0.2, 0.25) is 0 Å². The summed E-state index contributed by atoms with van der Waals surface area (Å²) in [5.74, 6) is -0.217. The first-order valence-electron chi connectivity index (χ1n) is 2.90. The monoisotopic (exact) mass is 130 g/mol. The fourth-order valence-corrected chi connectivity index (χ4v) is 0.739. The van der Waals surface area contributed by atoms with Crippen molar-refractivity contribution in [2.75, 3.05) is 6.54 Å². The van der Waals surface area contributed by atoms with Gasteiger partial charge >= 0.3 is 5.97 Å². The zero-order chi connectivity index (χ0) is 6.85. The second-order valence-electron chi connectivity index (χ2n) is 2.05. The molecule has 0 amide bonds. The Morgan fingerprint density at radius 1 is 1.89 bits per heavy atom. The van der Waals surface area contributed by atoms with Crippen LogP contribution in [-0.2, 0) is 9.53 Å². The third-order valence-corrected chi connectivity index (χ3v) is 1.26. The average molecular weight is 130 g/mol. The van der Waals surface area contributed by atoms with Gasteiger partial charge in [-0.25, -0.2) is 0 Å². The molecule has 0 bridgehead atoms. The summed E-state index contributed by atoms with van der Waals surface area (Å²) in [6.07, 6.45) is -0.271. The lowest BCUT2D eigenvalue weighted by Gasteiger charge is -2.03. The van der Waals surface area contributed by atoms with Crippen LogP contribution in [0.5, 0.6) is 0 Å². The van der Waals surface area contributed by atoms with E-state index in [0.29, 0.717) is 6.54 Å². The molecule has 0 spiro atoms. The van der Waals surface area contributed by atoms with Gasteiger partial charge in [0.15, 0.2) is 6.23 Å². The van der Waals surface area contributed by atoms with Gasteiger partial charge in [0, 0.05) is 6.54 Å². The Morgan fingerprint density at radius 2 is 2.56 bits per heavy atom. The van der Waals surface area contributed by atoms with Gasteiger partial charge in [0.1, 0.15) is 6.04 Å². The fourth-order valence-electron chi connectivity index (χ4n) is 0.739. The highest BCUT2D eigenvalue weighted by Crippen LogP contribution is 2.01. The van der Waals surface area contributed by atoms with Crippen molar-refractivity contribution in [2.45, 2.75) is 19.2 Å². The molecule has 1 aliphatic rings. The smallest absolute Gasteiger partial charge is 0.324 e. The molecule has 1 heterocycles. The number of hydrogen-bond donors (Lipinski definition) is 2. The molecule has 1 rings (SSSR count). The second kappa shape index (κ2) is 2.33. The maximum Gasteiger partial charge on any atom is 0.324 e. The third-order valence-electron chi connectivity index (χ3n) is 1.26. The van der Waals surface area contributed by atoms with Crippen molar-refractivity contribution in [3.05, 3.63) is 0 Å². The number of cyclic esters (lactones) is 1. The summed E-state index contributed by atoms with van der Waals surface area (Å²) < 4.78 is 4.75. The molecule has 1 aliphatic heterocycles. The van der Waals surface area contributed by atoms with E-state index in [4.69, 9.17) is 10.5 Å². The number of nitrogens with one attached hydrogen (secondary N) is 1. The minimum absolute atomic E-state index is 0.196. The van der Waals surface area contributed by atoms with Crippen LogP contribution in [0.15, 0.2) is 0 Å². The standard InChI is InChI=1S/C5H10N2O2/c1-3-5(8)9-4(2-6)7-3/h3-4,7H,2,6H2,1H3. The molecule has 4 nitrogen and oxygen atoms in total. The Balaban J connectivity index is 2.44. The molecule has 4 heteroatoms. The molecule has 2 unspecified atom stereocenters. The van der Waals surface area contributed by atoms with E-state index in [0.717, 1.165) is 0 Å². The zero-order valence-corrected chi connectivity index (χ0v) is 5.26. The first-order valence-corrected chi connectivity index (χ1v) is 2.90. The number of ether oxygens (including phenoxy) is 1. The number of esters is 1. The molecule has 0 aliphatic carbocycles. The largest absolute Gasteiger partial charge is 0.444 e. The number of nitrogens with two attached hydrogens (primary N) is 1. The van der Waals surface area contributed by atoms with Crippen molar-refractivity contribution in [1.29, 1.82) is 0 Å². The number of carbonyl (C=O) groups excluding carboxylic acids is 1. The Morgan fingerprint density at radius 3 is 2.78 bits per heavy atom. The summed E-state index contributed by atoms with van der Waals surface area (Å²) in [6.45, 7) is 2.09. The summed E-state index contributed by atoms with van der Waals surface area (Å²) in [6, 6.07) is -0.196. The Hall–Kier alpha value is -0.610. The minimum atomic E-state index is -0.271. The average Bonchev–Trinajstić information content (AvgIpc) is 2.13. The van der Waals surface area contributed by atoms with Gasteiger partial charge in [-0.15, -0.1) is 0 Å². The highest BCUT2D eigenvalue weighted by atomic mass is 16.6. The highest BCUT2D eigenvalue weighted by molar-refractivity contribution is 5.77. The van der Waals surface area contributed by atoms with Crippen molar-refractivity contribution in [2.24, 2.45) is 5.73 Å². The molecule has 0 aromatic carbocycles. The third kappa shape index (κ3) is 1.20. The van der Waals surface area contributed by atoms with E-state index >= 15 is 0 Å². The van der Waals surface area contributed by atoms with Gasteiger partial charge in [0.05, 0.1) is 0 Å². The van der Waals surface area contributed by atoms with Gasteiger partial charge < -0.3 is 10.5 Å². The molecule has 1 fully saturated rings. The second-order valence-corrected chi connectivity index (χ2v) is 2.05. The van der Waals surface area contributed by atoms with Crippen LogP contribution in [0, 0.1) is 0 Å². The van der Waals surface area contributed by atoms with E-state index in [1.54, 1.807) is 6.92 Å². The van der Waals surface area contributed by atoms with Crippen molar-refractivity contribution >= 4 is 5.97 Å². The number of rotatable bonds is 1. The summed E-state index contributed by atoms with van der Waals surface area (Å²) in [5.41, 5.74) is 5.22. The molecule has 0 radical (unpaired) electrons. The first kappa shape index (κ1) is 6.51. The van der Waals surface area contributed by atoms with Gasteiger partial charge in [0.2, 0.25) is 0 Å². The lowest BCUT2D eigenvalue weighted by Crippen LogP contribution is -2.34. The Labute approximate surface area is 53.4 Å². The van der Waals surface area contributed by atoms with Crippen LogP contribution in [0.4, 0.5) is 0 Å². The molecule has 0 aromatic heterocycles. The van der Waals surface area contributed by atoms with Gasteiger partial charge in [-0.1, -0.05) is 0 Å². The highest BCUT2D eigenvalue weighted by Gasteiger charge is 2.28. The molecule has 1 saturated heterocycles. The fraction of sp³-hybridized carbons (Fsp3) is 0.800. The SMILES string of the molecule is CC1NC(CN)OC1=O. The van der Waals surface area contributed by atoms with E-state index in [9.17, 15) is 4.79 Å². The van der Waals surface area contributed by atoms with E-state index in [1.165, 1.54) is 0 Å². The topological polar surface area (TPSA) is 64.3 Å². The zero-order valence-electron chi connectivity index (χ0n) is 5.26. The van der Waals surface area contributed by atoms with Crippen molar-refractivity contribution < 1.29 is 9.53 Å². The lowest BCUT2D eigenvalue weighted by atomic mass is 10.4. The molecule has 52 valence electrons. The van der Waals surface area contributed by atoms with Crippen LogP contribution in [0.1, 0.15) is 6.92 Å². The lowest BCUT2D eigenvalue weighted by molar-refractivity contribution is -0.141. The maximum atomic E-state index is 10.6. The van der Waals surface area contributed by atoms with Crippen molar-refractivity contribution in [3.8, 4) is 0 Å². The van der Waals surface area contributed by atoms with Crippen LogP contribution in [0.3, 0.4) is 0 Å². The predicted molar refractivity (Wildman–Crippen MR) is 31.5 cm³/mol. The molecule has 0 saturated carbocycles. The van der Waals surface area contributed by atoms with Gasteiger partial charge in [0.25, 0.3) is 0 Å². The summed E-state index contributed by atoms with van der Waals surface area (Å²) in [4.78, 5) is 10.6. The molecule has 0 aromatic rings. The minimum Gasteiger partial charge on any atom is -0.444 e. The van der Waals surface area contributed by atoms with Gasteiger partial charge in [-0.2, -0.15) is 0 Å². The molecular weight excluding hydrogens is 120 g/mol. The van der Waals surface area contributed by atoms with Crippen LogP contribution in [-0.4, -0.2) is 24.8 Å². The summed E-state index contributed by atoms with van der Waals surface area (Å²) in [7, 11) is 0. The molecular formula is C5H10N2O2. The van der Waals surface area contributed by atoms with Crippen molar-refractivity contribution in [1.82, 2.24) is 5.32 Å². The predicted octanol–water partition coefficient (Wildman–Crippen LogP) is -1.19. The van der Waals surface area contributed by atoms with Crippen LogP contribution >= 0.6 is 0 Å². The Kier molecular flexibility index (Phi) is 1.68. The van der Waals surface area contributed by atoms with E-state index < -0.39 is 0 Å². The first-order chi connectivity index (χ1) is 4.24.